The lowest BCUT2D eigenvalue weighted by Gasteiger charge is -2.09. The third-order valence-electron chi connectivity index (χ3n) is 4.90. The number of hydrogen-bond donors (Lipinski definition) is 1. The number of aromatic carboxylic acids is 1. The van der Waals surface area contributed by atoms with Crippen LogP contribution in [0.2, 0.25) is 0 Å². The van der Waals surface area contributed by atoms with Crippen LogP contribution in [0, 0.1) is 5.82 Å². The smallest absolute Gasteiger partial charge is 0.335 e. The van der Waals surface area contributed by atoms with Crippen molar-refractivity contribution in [2.75, 3.05) is 7.05 Å². The minimum absolute atomic E-state index is 0.170. The van der Waals surface area contributed by atoms with Crippen LogP contribution in [0.1, 0.15) is 21.5 Å². The molecule has 1 N–H and O–H groups in total. The van der Waals surface area contributed by atoms with Crippen LogP contribution in [-0.4, -0.2) is 34.1 Å². The molecule has 6 nitrogen and oxygen atoms in total. The average Bonchev–Trinajstić information content (AvgIpc) is 3.07. The van der Waals surface area contributed by atoms with E-state index in [0.29, 0.717) is 28.1 Å². The number of carboxylic acid groups (broad SMARTS) is 1. The van der Waals surface area contributed by atoms with E-state index in [0.717, 1.165) is 15.6 Å². The van der Waals surface area contributed by atoms with Crippen LogP contribution in [-0.2, 0) is 11.4 Å². The summed E-state index contributed by atoms with van der Waals surface area (Å²) in [5.74, 6) is -0.860. The van der Waals surface area contributed by atoms with Gasteiger partial charge in [-0.15, -0.1) is 0 Å². The summed E-state index contributed by atoms with van der Waals surface area (Å²) in [5, 5.41) is 9.51. The molecule has 1 saturated heterocycles. The minimum atomic E-state index is -1.01. The number of benzene rings is 3. The Balaban J connectivity index is 1.47. The van der Waals surface area contributed by atoms with Gasteiger partial charge in [-0.2, -0.15) is 0 Å². The van der Waals surface area contributed by atoms with Crippen LogP contribution in [0.25, 0.3) is 6.08 Å². The van der Waals surface area contributed by atoms with E-state index in [-0.39, 0.29) is 17.3 Å². The number of likely N-dealkylation sites (N-methyl/N-ethyl adjacent to an activating group) is 1. The zero-order chi connectivity index (χ0) is 24.2. The van der Waals surface area contributed by atoms with E-state index in [4.69, 9.17) is 9.84 Å². The SMILES string of the molecule is CN1C(=O)C(=Cc2ccc(OCc3ccc(F)cc3)c(Br)c2)SC1=Nc1ccc(C(=O)O)cc1. The summed E-state index contributed by atoms with van der Waals surface area (Å²) in [7, 11) is 1.64. The zero-order valence-electron chi connectivity index (χ0n) is 17.9. The molecule has 1 aliphatic heterocycles. The van der Waals surface area contributed by atoms with Gasteiger partial charge in [0.1, 0.15) is 18.2 Å². The molecule has 0 aliphatic carbocycles. The number of thioether (sulfide) groups is 1. The first-order valence-corrected chi connectivity index (χ1v) is 11.7. The van der Waals surface area contributed by atoms with E-state index in [2.05, 4.69) is 20.9 Å². The lowest BCUT2D eigenvalue weighted by molar-refractivity contribution is -0.121. The van der Waals surface area contributed by atoms with Crippen molar-refractivity contribution in [1.82, 2.24) is 4.90 Å². The number of halogens is 2. The number of carbonyl (C=O) groups is 2. The van der Waals surface area contributed by atoms with Gasteiger partial charge >= 0.3 is 5.97 Å². The molecule has 0 unspecified atom stereocenters. The van der Waals surface area contributed by atoms with Crippen LogP contribution in [0.5, 0.6) is 5.75 Å². The number of carbonyl (C=O) groups excluding carboxylic acids is 1. The number of rotatable bonds is 6. The number of carboxylic acids is 1. The maximum absolute atomic E-state index is 13.0. The quantitative estimate of drug-likeness (QED) is 0.382. The Morgan fingerprint density at radius 3 is 2.50 bits per heavy atom. The summed E-state index contributed by atoms with van der Waals surface area (Å²) < 4.78 is 19.6. The predicted octanol–water partition coefficient (Wildman–Crippen LogP) is 6.10. The molecule has 3 aromatic carbocycles. The largest absolute Gasteiger partial charge is 0.488 e. The normalized spacial score (nSPS) is 15.9. The Bertz CT molecular complexity index is 1310. The van der Waals surface area contributed by atoms with Crippen molar-refractivity contribution in [1.29, 1.82) is 0 Å². The fourth-order valence-corrected chi connectivity index (χ4v) is 4.56. The highest BCUT2D eigenvalue weighted by molar-refractivity contribution is 9.10. The van der Waals surface area contributed by atoms with Crippen molar-refractivity contribution in [3.63, 3.8) is 0 Å². The van der Waals surface area contributed by atoms with Gasteiger partial charge in [0.2, 0.25) is 0 Å². The van der Waals surface area contributed by atoms with Gasteiger partial charge < -0.3 is 9.84 Å². The van der Waals surface area contributed by atoms with E-state index in [1.807, 2.05) is 12.1 Å². The van der Waals surface area contributed by atoms with Crippen molar-refractivity contribution in [3.05, 3.63) is 98.6 Å². The molecule has 0 spiro atoms. The predicted molar refractivity (Wildman–Crippen MR) is 134 cm³/mol. The molecule has 1 heterocycles. The van der Waals surface area contributed by atoms with E-state index < -0.39 is 5.97 Å². The molecule has 9 heteroatoms. The lowest BCUT2D eigenvalue weighted by atomic mass is 10.2. The summed E-state index contributed by atoms with van der Waals surface area (Å²) in [6.45, 7) is 0.297. The molecule has 1 amide bonds. The molecule has 0 saturated carbocycles. The maximum atomic E-state index is 13.0. The van der Waals surface area contributed by atoms with Gasteiger partial charge in [0.25, 0.3) is 5.91 Å². The average molecular weight is 541 g/mol. The lowest BCUT2D eigenvalue weighted by Crippen LogP contribution is -2.23. The molecule has 0 bridgehead atoms. The monoisotopic (exact) mass is 540 g/mol. The first kappa shape index (κ1) is 23.7. The summed E-state index contributed by atoms with van der Waals surface area (Å²) in [5.41, 5.74) is 2.37. The molecule has 34 heavy (non-hydrogen) atoms. The number of hydrogen-bond acceptors (Lipinski definition) is 5. The van der Waals surface area contributed by atoms with Crippen molar-refractivity contribution in [3.8, 4) is 5.75 Å². The number of amidine groups is 1. The standard InChI is InChI=1S/C25H18BrFN2O4S/c1-29-23(30)22(34-25(29)28-19-9-5-17(6-10-19)24(31)32)13-16-4-11-21(20(26)12-16)33-14-15-2-7-18(27)8-3-15/h2-13H,14H2,1H3,(H,31,32). The van der Waals surface area contributed by atoms with E-state index in [9.17, 15) is 14.0 Å². The molecule has 172 valence electrons. The Kier molecular flexibility index (Phi) is 7.14. The van der Waals surface area contributed by atoms with E-state index in [1.54, 1.807) is 43.5 Å². The third kappa shape index (κ3) is 5.55. The van der Waals surface area contributed by atoms with Gasteiger partial charge in [-0.05, 0) is 93.4 Å². The molecular weight excluding hydrogens is 523 g/mol. The summed E-state index contributed by atoms with van der Waals surface area (Å²) in [6, 6.07) is 17.7. The van der Waals surface area contributed by atoms with Gasteiger partial charge in [0.05, 0.1) is 20.6 Å². The maximum Gasteiger partial charge on any atom is 0.335 e. The van der Waals surface area contributed by atoms with Gasteiger partial charge in [0.15, 0.2) is 5.17 Å². The fourth-order valence-electron chi connectivity index (χ4n) is 3.06. The van der Waals surface area contributed by atoms with Gasteiger partial charge in [-0.3, -0.25) is 9.69 Å². The Morgan fingerprint density at radius 1 is 1.15 bits per heavy atom. The van der Waals surface area contributed by atoms with Crippen LogP contribution in [0.3, 0.4) is 0 Å². The molecule has 4 rings (SSSR count). The second-order valence-corrected chi connectivity index (χ2v) is 9.19. The topological polar surface area (TPSA) is 79.2 Å². The van der Waals surface area contributed by atoms with Crippen molar-refractivity contribution in [2.45, 2.75) is 6.61 Å². The second kappa shape index (κ2) is 10.2. The summed E-state index contributed by atoms with van der Waals surface area (Å²) >= 11 is 4.74. The Hall–Kier alpha value is -3.43. The Labute approximate surface area is 207 Å². The minimum Gasteiger partial charge on any atom is -0.488 e. The molecular formula is C25H18BrFN2O4S. The summed E-state index contributed by atoms with van der Waals surface area (Å²) in [4.78, 5) is 30.1. The van der Waals surface area contributed by atoms with Crippen molar-refractivity contribution >= 4 is 56.5 Å². The van der Waals surface area contributed by atoms with Crippen LogP contribution < -0.4 is 4.74 Å². The van der Waals surface area contributed by atoms with Crippen LogP contribution in [0.4, 0.5) is 10.1 Å². The highest BCUT2D eigenvalue weighted by Crippen LogP contribution is 2.34. The zero-order valence-corrected chi connectivity index (χ0v) is 20.3. The molecule has 0 radical (unpaired) electrons. The molecule has 3 aromatic rings. The van der Waals surface area contributed by atoms with Gasteiger partial charge in [-0.1, -0.05) is 18.2 Å². The number of ether oxygens (including phenoxy) is 1. The highest BCUT2D eigenvalue weighted by Gasteiger charge is 2.30. The summed E-state index contributed by atoms with van der Waals surface area (Å²) in [6.07, 6.45) is 1.77. The first-order chi connectivity index (χ1) is 16.3. The van der Waals surface area contributed by atoms with E-state index in [1.165, 1.54) is 40.9 Å². The van der Waals surface area contributed by atoms with Gasteiger partial charge in [0, 0.05) is 7.05 Å². The van der Waals surface area contributed by atoms with Crippen molar-refractivity contribution in [2.24, 2.45) is 4.99 Å². The highest BCUT2D eigenvalue weighted by atomic mass is 79.9. The van der Waals surface area contributed by atoms with Crippen molar-refractivity contribution < 1.29 is 23.8 Å². The van der Waals surface area contributed by atoms with E-state index >= 15 is 0 Å². The van der Waals surface area contributed by atoms with Gasteiger partial charge in [-0.25, -0.2) is 14.2 Å². The molecule has 0 aromatic heterocycles. The number of aliphatic imine (C=N–C) groups is 1. The van der Waals surface area contributed by atoms with Crippen LogP contribution >= 0.6 is 27.7 Å². The number of amides is 1. The molecule has 1 aliphatic rings. The molecule has 0 atom stereocenters. The molecule has 1 fully saturated rings. The second-order valence-electron chi connectivity index (χ2n) is 7.33. The Morgan fingerprint density at radius 2 is 1.85 bits per heavy atom. The first-order valence-electron chi connectivity index (χ1n) is 10.1. The van der Waals surface area contributed by atoms with Crippen LogP contribution in [0.15, 0.2) is 81.1 Å². The number of nitrogens with zero attached hydrogens (tertiary/aromatic N) is 2. The third-order valence-corrected chi connectivity index (χ3v) is 6.58. The fraction of sp³-hybridized carbons (Fsp3) is 0.0800.